The number of hydrogen-bond acceptors (Lipinski definition) is 3. The standard InChI is InChI=1S/C13H26N2O/c1-11-7-8-14(2)13(10-16)9-15(11)12-5-3-4-6-12/h11-13,16H,3-10H2,1-2H3. The summed E-state index contributed by atoms with van der Waals surface area (Å²) in [5.74, 6) is 0. The molecule has 0 aromatic carbocycles. The molecule has 2 atom stereocenters. The monoisotopic (exact) mass is 226 g/mol. The lowest BCUT2D eigenvalue weighted by Gasteiger charge is -2.34. The number of aliphatic hydroxyl groups excluding tert-OH is 1. The molecule has 2 fully saturated rings. The Morgan fingerprint density at radius 1 is 1.19 bits per heavy atom. The zero-order chi connectivity index (χ0) is 11.5. The number of hydrogen-bond donors (Lipinski definition) is 1. The zero-order valence-corrected chi connectivity index (χ0v) is 10.7. The molecule has 1 saturated carbocycles. The predicted octanol–water partition coefficient (Wildman–Crippen LogP) is 1.32. The average molecular weight is 226 g/mol. The van der Waals surface area contributed by atoms with Crippen LogP contribution in [0.3, 0.4) is 0 Å². The normalized spacial score (nSPS) is 35.4. The van der Waals surface area contributed by atoms with E-state index in [0.29, 0.717) is 18.7 Å². The maximum absolute atomic E-state index is 9.46. The van der Waals surface area contributed by atoms with Crippen molar-refractivity contribution in [2.75, 3.05) is 26.7 Å². The summed E-state index contributed by atoms with van der Waals surface area (Å²) in [5.41, 5.74) is 0. The highest BCUT2D eigenvalue weighted by Crippen LogP contribution is 2.27. The summed E-state index contributed by atoms with van der Waals surface area (Å²) in [6.07, 6.45) is 6.77. The van der Waals surface area contributed by atoms with Crippen molar-refractivity contribution in [3.8, 4) is 0 Å². The van der Waals surface area contributed by atoms with Gasteiger partial charge in [-0.3, -0.25) is 9.80 Å². The minimum atomic E-state index is 0.298. The molecule has 1 heterocycles. The van der Waals surface area contributed by atoms with Crippen LogP contribution >= 0.6 is 0 Å². The Morgan fingerprint density at radius 3 is 2.50 bits per heavy atom. The highest BCUT2D eigenvalue weighted by Gasteiger charge is 2.31. The van der Waals surface area contributed by atoms with Crippen molar-refractivity contribution in [1.82, 2.24) is 9.80 Å². The van der Waals surface area contributed by atoms with E-state index in [2.05, 4.69) is 23.8 Å². The third kappa shape index (κ3) is 2.58. The summed E-state index contributed by atoms with van der Waals surface area (Å²) in [6, 6.07) is 1.81. The van der Waals surface area contributed by atoms with Crippen molar-refractivity contribution in [1.29, 1.82) is 0 Å². The van der Waals surface area contributed by atoms with Gasteiger partial charge in [-0.15, -0.1) is 0 Å². The second-order valence-electron chi connectivity index (χ2n) is 5.59. The molecule has 1 aliphatic heterocycles. The van der Waals surface area contributed by atoms with Gasteiger partial charge >= 0.3 is 0 Å². The van der Waals surface area contributed by atoms with Crippen LogP contribution in [0.4, 0.5) is 0 Å². The summed E-state index contributed by atoms with van der Waals surface area (Å²) in [7, 11) is 2.14. The van der Waals surface area contributed by atoms with Crippen molar-refractivity contribution in [2.45, 2.75) is 57.2 Å². The van der Waals surface area contributed by atoms with E-state index in [1.165, 1.54) is 32.1 Å². The van der Waals surface area contributed by atoms with Gasteiger partial charge in [0.1, 0.15) is 0 Å². The van der Waals surface area contributed by atoms with Crippen LogP contribution in [0.25, 0.3) is 0 Å². The van der Waals surface area contributed by atoms with Gasteiger partial charge in [-0.1, -0.05) is 12.8 Å². The molecule has 2 unspecified atom stereocenters. The number of aliphatic hydroxyl groups is 1. The third-order valence-electron chi connectivity index (χ3n) is 4.52. The first kappa shape index (κ1) is 12.3. The Bertz CT molecular complexity index is 216. The van der Waals surface area contributed by atoms with Gasteiger partial charge in [0.05, 0.1) is 6.61 Å². The fourth-order valence-electron chi connectivity index (χ4n) is 3.24. The van der Waals surface area contributed by atoms with E-state index in [9.17, 15) is 5.11 Å². The van der Waals surface area contributed by atoms with E-state index in [1.54, 1.807) is 0 Å². The Balaban J connectivity index is 2.03. The van der Waals surface area contributed by atoms with E-state index in [0.717, 1.165) is 19.1 Å². The molecule has 0 bridgehead atoms. The number of likely N-dealkylation sites (N-methyl/N-ethyl adjacent to an activating group) is 1. The lowest BCUT2D eigenvalue weighted by molar-refractivity contribution is 0.0980. The molecule has 2 rings (SSSR count). The van der Waals surface area contributed by atoms with Crippen LogP contribution in [0.15, 0.2) is 0 Å². The highest BCUT2D eigenvalue weighted by atomic mass is 16.3. The fourth-order valence-corrected chi connectivity index (χ4v) is 3.24. The molecule has 0 aromatic heterocycles. The van der Waals surface area contributed by atoms with E-state index in [1.807, 2.05) is 0 Å². The summed E-state index contributed by atoms with van der Waals surface area (Å²) in [5, 5.41) is 9.46. The Kier molecular flexibility index (Phi) is 4.22. The Morgan fingerprint density at radius 2 is 1.88 bits per heavy atom. The summed E-state index contributed by atoms with van der Waals surface area (Å²) in [6.45, 7) is 4.83. The van der Waals surface area contributed by atoms with Gasteiger partial charge in [-0.2, -0.15) is 0 Å². The molecular formula is C13H26N2O. The van der Waals surface area contributed by atoms with Gasteiger partial charge in [0.2, 0.25) is 0 Å². The summed E-state index contributed by atoms with van der Waals surface area (Å²) < 4.78 is 0. The zero-order valence-electron chi connectivity index (χ0n) is 10.7. The van der Waals surface area contributed by atoms with Crippen LogP contribution in [0.5, 0.6) is 0 Å². The SMILES string of the molecule is CC1CCN(C)C(CO)CN1C1CCCC1. The van der Waals surface area contributed by atoms with E-state index in [4.69, 9.17) is 0 Å². The molecule has 1 aliphatic carbocycles. The molecule has 0 spiro atoms. The van der Waals surface area contributed by atoms with Crippen molar-refractivity contribution < 1.29 is 5.11 Å². The lowest BCUT2D eigenvalue weighted by Crippen LogP contribution is -2.46. The molecule has 3 nitrogen and oxygen atoms in total. The second-order valence-corrected chi connectivity index (χ2v) is 5.59. The van der Waals surface area contributed by atoms with Crippen molar-refractivity contribution in [3.05, 3.63) is 0 Å². The van der Waals surface area contributed by atoms with Gasteiger partial charge in [0, 0.05) is 24.7 Å². The summed E-state index contributed by atoms with van der Waals surface area (Å²) >= 11 is 0. The predicted molar refractivity (Wildman–Crippen MR) is 66.5 cm³/mol. The van der Waals surface area contributed by atoms with Crippen LogP contribution in [0.2, 0.25) is 0 Å². The van der Waals surface area contributed by atoms with Gasteiger partial charge in [0.15, 0.2) is 0 Å². The first-order chi connectivity index (χ1) is 7.72. The Hall–Kier alpha value is -0.120. The quantitative estimate of drug-likeness (QED) is 0.769. The maximum Gasteiger partial charge on any atom is 0.0599 e. The molecule has 16 heavy (non-hydrogen) atoms. The molecule has 0 amide bonds. The van der Waals surface area contributed by atoms with Gasteiger partial charge in [-0.05, 0) is 39.8 Å². The number of rotatable bonds is 2. The fraction of sp³-hybridized carbons (Fsp3) is 1.00. The van der Waals surface area contributed by atoms with Crippen molar-refractivity contribution in [3.63, 3.8) is 0 Å². The first-order valence-electron chi connectivity index (χ1n) is 6.79. The topological polar surface area (TPSA) is 26.7 Å². The molecule has 94 valence electrons. The van der Waals surface area contributed by atoms with Crippen molar-refractivity contribution >= 4 is 0 Å². The van der Waals surface area contributed by atoms with Crippen LogP contribution in [-0.4, -0.2) is 59.8 Å². The van der Waals surface area contributed by atoms with Crippen LogP contribution in [0.1, 0.15) is 39.0 Å². The minimum Gasteiger partial charge on any atom is -0.395 e. The van der Waals surface area contributed by atoms with Gasteiger partial charge in [-0.25, -0.2) is 0 Å². The maximum atomic E-state index is 9.46. The first-order valence-corrected chi connectivity index (χ1v) is 6.79. The molecular weight excluding hydrogens is 200 g/mol. The molecule has 0 radical (unpaired) electrons. The van der Waals surface area contributed by atoms with E-state index in [-0.39, 0.29) is 0 Å². The summed E-state index contributed by atoms with van der Waals surface area (Å²) in [4.78, 5) is 4.99. The van der Waals surface area contributed by atoms with Gasteiger partial charge < -0.3 is 5.11 Å². The Labute approximate surface area is 99.4 Å². The smallest absolute Gasteiger partial charge is 0.0599 e. The second kappa shape index (κ2) is 5.48. The number of nitrogens with zero attached hydrogens (tertiary/aromatic N) is 2. The lowest BCUT2D eigenvalue weighted by atomic mass is 10.1. The highest BCUT2D eigenvalue weighted by molar-refractivity contribution is 4.87. The van der Waals surface area contributed by atoms with Crippen LogP contribution < -0.4 is 0 Å². The van der Waals surface area contributed by atoms with E-state index >= 15 is 0 Å². The average Bonchev–Trinajstić information content (AvgIpc) is 2.76. The van der Waals surface area contributed by atoms with Crippen LogP contribution in [0, 0.1) is 0 Å². The molecule has 1 saturated heterocycles. The van der Waals surface area contributed by atoms with Crippen LogP contribution in [-0.2, 0) is 0 Å². The van der Waals surface area contributed by atoms with Gasteiger partial charge in [0.25, 0.3) is 0 Å². The molecule has 2 aliphatic rings. The third-order valence-corrected chi connectivity index (χ3v) is 4.52. The molecule has 1 N–H and O–H groups in total. The van der Waals surface area contributed by atoms with E-state index < -0.39 is 0 Å². The molecule has 0 aromatic rings. The van der Waals surface area contributed by atoms with Crippen molar-refractivity contribution in [2.24, 2.45) is 0 Å². The largest absolute Gasteiger partial charge is 0.395 e. The molecule has 3 heteroatoms. The minimum absolute atomic E-state index is 0.298.